The maximum Gasteiger partial charge on any atom is 0.256 e. The first-order valence-corrected chi connectivity index (χ1v) is 8.34. The smallest absolute Gasteiger partial charge is 0.256 e. The molecule has 1 aromatic heterocycles. The molecule has 0 aliphatic carbocycles. The number of amides is 1. The van der Waals surface area contributed by atoms with Crippen molar-refractivity contribution in [1.29, 1.82) is 0 Å². The Morgan fingerprint density at radius 1 is 1.35 bits per heavy atom. The summed E-state index contributed by atoms with van der Waals surface area (Å²) in [6.07, 6.45) is 3.04. The zero-order valence-electron chi connectivity index (χ0n) is 14.2. The average Bonchev–Trinajstić information content (AvgIpc) is 3.17. The molecule has 7 nitrogen and oxygen atoms in total. The molecule has 2 heterocycles. The van der Waals surface area contributed by atoms with Gasteiger partial charge in [0.25, 0.3) is 5.91 Å². The minimum absolute atomic E-state index is 0.232. The lowest BCUT2D eigenvalue weighted by atomic mass is 10.0. The standard InChI is InChI=1S/C19H18N4O3/c1-12-9-13(23-11-20-10-21-23)5-6-14(12)19(25)22-16-4-2-3-15-17(24)7-8-26-18(15)16/h2-6,9-11,17,24H,7-8H2,1H3,(H,22,25). The van der Waals surface area contributed by atoms with Crippen molar-refractivity contribution in [3.63, 3.8) is 0 Å². The van der Waals surface area contributed by atoms with Crippen LogP contribution in [0.2, 0.25) is 0 Å². The SMILES string of the molecule is Cc1cc(-n2cncn2)ccc1C(=O)Nc1cccc2c1OCCC2O. The molecule has 1 unspecified atom stereocenters. The van der Waals surface area contributed by atoms with E-state index in [1.54, 1.807) is 29.2 Å². The van der Waals surface area contributed by atoms with Gasteiger partial charge in [-0.3, -0.25) is 4.79 Å². The third-order valence-corrected chi connectivity index (χ3v) is 4.43. The number of carbonyl (C=O) groups is 1. The van der Waals surface area contributed by atoms with Gasteiger partial charge in [-0.25, -0.2) is 9.67 Å². The molecular formula is C19H18N4O3. The van der Waals surface area contributed by atoms with Crippen LogP contribution in [0.1, 0.15) is 34.0 Å². The maximum absolute atomic E-state index is 12.7. The topological polar surface area (TPSA) is 89.3 Å². The van der Waals surface area contributed by atoms with Gasteiger partial charge >= 0.3 is 0 Å². The minimum Gasteiger partial charge on any atom is -0.491 e. The molecule has 2 aromatic carbocycles. The fraction of sp³-hybridized carbons (Fsp3) is 0.211. The molecule has 0 bridgehead atoms. The van der Waals surface area contributed by atoms with Crippen molar-refractivity contribution >= 4 is 11.6 Å². The van der Waals surface area contributed by atoms with Crippen molar-refractivity contribution in [3.8, 4) is 11.4 Å². The zero-order chi connectivity index (χ0) is 18.1. The number of carbonyl (C=O) groups excluding carboxylic acids is 1. The van der Waals surface area contributed by atoms with Gasteiger partial charge in [-0.05, 0) is 36.8 Å². The fourth-order valence-corrected chi connectivity index (χ4v) is 3.08. The number of benzene rings is 2. The lowest BCUT2D eigenvalue weighted by molar-refractivity contribution is 0.102. The van der Waals surface area contributed by atoms with Crippen molar-refractivity contribution < 1.29 is 14.6 Å². The molecule has 0 fully saturated rings. The Morgan fingerprint density at radius 3 is 3.00 bits per heavy atom. The van der Waals surface area contributed by atoms with Crippen molar-refractivity contribution in [2.75, 3.05) is 11.9 Å². The quantitative estimate of drug-likeness (QED) is 0.758. The summed E-state index contributed by atoms with van der Waals surface area (Å²) in [5.74, 6) is 0.307. The van der Waals surface area contributed by atoms with E-state index >= 15 is 0 Å². The highest BCUT2D eigenvalue weighted by molar-refractivity contribution is 6.06. The molecule has 26 heavy (non-hydrogen) atoms. The van der Waals surface area contributed by atoms with Gasteiger partial charge in [-0.2, -0.15) is 5.10 Å². The van der Waals surface area contributed by atoms with Crippen LogP contribution < -0.4 is 10.1 Å². The Bertz CT molecular complexity index is 953. The van der Waals surface area contributed by atoms with Crippen LogP contribution in [-0.4, -0.2) is 32.4 Å². The van der Waals surface area contributed by atoms with Crippen LogP contribution in [-0.2, 0) is 0 Å². The second kappa shape index (κ2) is 6.61. The zero-order valence-corrected chi connectivity index (χ0v) is 14.2. The summed E-state index contributed by atoms with van der Waals surface area (Å²) in [6, 6.07) is 10.8. The summed E-state index contributed by atoms with van der Waals surface area (Å²) >= 11 is 0. The molecule has 2 N–H and O–H groups in total. The van der Waals surface area contributed by atoms with E-state index in [0.29, 0.717) is 35.6 Å². The second-order valence-corrected chi connectivity index (χ2v) is 6.17. The number of rotatable bonds is 3. The Kier molecular flexibility index (Phi) is 4.14. The van der Waals surface area contributed by atoms with E-state index < -0.39 is 6.10 Å². The number of anilines is 1. The predicted molar refractivity (Wildman–Crippen MR) is 95.6 cm³/mol. The molecule has 0 spiro atoms. The van der Waals surface area contributed by atoms with Crippen LogP contribution in [0, 0.1) is 6.92 Å². The number of aliphatic hydroxyl groups excluding tert-OH is 1. The molecule has 1 amide bonds. The van der Waals surface area contributed by atoms with Crippen molar-refractivity contribution in [2.45, 2.75) is 19.4 Å². The summed E-state index contributed by atoms with van der Waals surface area (Å²) in [6.45, 7) is 2.29. The Morgan fingerprint density at radius 2 is 2.23 bits per heavy atom. The Hall–Kier alpha value is -3.19. The highest BCUT2D eigenvalue weighted by atomic mass is 16.5. The summed E-state index contributed by atoms with van der Waals surface area (Å²) < 4.78 is 7.30. The molecule has 1 atom stereocenters. The van der Waals surface area contributed by atoms with E-state index in [4.69, 9.17) is 4.74 Å². The van der Waals surface area contributed by atoms with Crippen LogP contribution >= 0.6 is 0 Å². The number of aromatic nitrogens is 3. The summed E-state index contributed by atoms with van der Waals surface area (Å²) in [5, 5.41) is 17.1. The Labute approximate surface area is 150 Å². The van der Waals surface area contributed by atoms with Gasteiger partial charge in [-0.15, -0.1) is 0 Å². The number of para-hydroxylation sites is 1. The molecular weight excluding hydrogens is 332 g/mol. The molecule has 1 aliphatic heterocycles. The predicted octanol–water partition coefficient (Wildman–Crippen LogP) is 2.64. The molecule has 0 saturated heterocycles. The number of aryl methyl sites for hydroxylation is 1. The van der Waals surface area contributed by atoms with E-state index in [0.717, 1.165) is 11.3 Å². The Balaban J connectivity index is 1.61. The van der Waals surface area contributed by atoms with Crippen molar-refractivity contribution in [2.24, 2.45) is 0 Å². The maximum atomic E-state index is 12.7. The van der Waals surface area contributed by atoms with Gasteiger partial charge in [-0.1, -0.05) is 12.1 Å². The molecule has 7 heteroatoms. The lowest BCUT2D eigenvalue weighted by Gasteiger charge is -2.24. The van der Waals surface area contributed by atoms with E-state index in [2.05, 4.69) is 15.4 Å². The van der Waals surface area contributed by atoms with Gasteiger partial charge in [0.05, 0.1) is 24.1 Å². The van der Waals surface area contributed by atoms with E-state index in [9.17, 15) is 9.90 Å². The van der Waals surface area contributed by atoms with Crippen LogP contribution in [0.3, 0.4) is 0 Å². The van der Waals surface area contributed by atoms with Crippen molar-refractivity contribution in [3.05, 3.63) is 65.7 Å². The molecule has 4 rings (SSSR count). The number of ether oxygens (including phenoxy) is 1. The van der Waals surface area contributed by atoms with Gasteiger partial charge in [0.15, 0.2) is 0 Å². The number of hydrogen-bond donors (Lipinski definition) is 2. The summed E-state index contributed by atoms with van der Waals surface area (Å²) in [4.78, 5) is 16.7. The van der Waals surface area contributed by atoms with Crippen molar-refractivity contribution in [1.82, 2.24) is 14.8 Å². The van der Waals surface area contributed by atoms with Gasteiger partial charge in [0, 0.05) is 17.5 Å². The van der Waals surface area contributed by atoms with Gasteiger partial charge in [0.1, 0.15) is 18.4 Å². The molecule has 0 radical (unpaired) electrons. The third-order valence-electron chi connectivity index (χ3n) is 4.43. The molecule has 1 aliphatic rings. The normalized spacial score (nSPS) is 15.8. The first kappa shape index (κ1) is 16.3. The summed E-state index contributed by atoms with van der Waals surface area (Å²) in [7, 11) is 0. The van der Waals surface area contributed by atoms with Crippen LogP contribution in [0.25, 0.3) is 5.69 Å². The average molecular weight is 350 g/mol. The first-order chi connectivity index (χ1) is 12.6. The first-order valence-electron chi connectivity index (χ1n) is 8.34. The largest absolute Gasteiger partial charge is 0.491 e. The molecule has 132 valence electrons. The summed E-state index contributed by atoms with van der Waals surface area (Å²) in [5.41, 5.74) is 3.47. The van der Waals surface area contributed by atoms with E-state index in [1.165, 1.54) is 6.33 Å². The monoisotopic (exact) mass is 350 g/mol. The highest BCUT2D eigenvalue weighted by Gasteiger charge is 2.23. The van der Waals surface area contributed by atoms with E-state index in [1.807, 2.05) is 25.1 Å². The second-order valence-electron chi connectivity index (χ2n) is 6.17. The number of aliphatic hydroxyl groups is 1. The fourth-order valence-electron chi connectivity index (χ4n) is 3.08. The minimum atomic E-state index is -0.570. The molecule has 0 saturated carbocycles. The van der Waals surface area contributed by atoms with Crippen LogP contribution in [0.4, 0.5) is 5.69 Å². The van der Waals surface area contributed by atoms with Gasteiger partial charge in [0.2, 0.25) is 0 Å². The number of nitrogens with one attached hydrogen (secondary N) is 1. The molecule has 3 aromatic rings. The van der Waals surface area contributed by atoms with E-state index in [-0.39, 0.29) is 5.91 Å². The van der Waals surface area contributed by atoms with Crippen LogP contribution in [0.5, 0.6) is 5.75 Å². The third kappa shape index (κ3) is 2.93. The van der Waals surface area contributed by atoms with Gasteiger partial charge < -0.3 is 15.2 Å². The number of fused-ring (bicyclic) bond motifs is 1. The highest BCUT2D eigenvalue weighted by Crippen LogP contribution is 2.38. The lowest BCUT2D eigenvalue weighted by Crippen LogP contribution is -2.18. The number of hydrogen-bond acceptors (Lipinski definition) is 5. The van der Waals surface area contributed by atoms with Crippen LogP contribution in [0.15, 0.2) is 49.1 Å². The number of nitrogens with zero attached hydrogens (tertiary/aromatic N) is 3.